The summed E-state index contributed by atoms with van der Waals surface area (Å²) in [5, 5.41) is 0. The van der Waals surface area contributed by atoms with Crippen LogP contribution >= 0.6 is 0 Å². The largest absolute Gasteiger partial charge is 0.328 e. The zero-order valence-electron chi connectivity index (χ0n) is 8.89. The fourth-order valence-corrected chi connectivity index (χ4v) is 3.12. The first-order valence-electron chi connectivity index (χ1n) is 5.78. The zero-order chi connectivity index (χ0) is 10.5. The molecule has 0 heterocycles. The fourth-order valence-electron chi connectivity index (χ4n) is 3.12. The summed E-state index contributed by atoms with van der Waals surface area (Å²) in [5.41, 5.74) is 13.7. The van der Waals surface area contributed by atoms with Crippen LogP contribution in [0.3, 0.4) is 0 Å². The molecule has 4 N–H and O–H groups in total. The van der Waals surface area contributed by atoms with Crippen molar-refractivity contribution in [2.24, 2.45) is 17.4 Å². The van der Waals surface area contributed by atoms with E-state index in [1.165, 1.54) is 12.0 Å². The molecule has 2 aliphatic carbocycles. The highest BCUT2D eigenvalue weighted by molar-refractivity contribution is 5.29. The summed E-state index contributed by atoms with van der Waals surface area (Å²) in [6.45, 7) is 0. The Morgan fingerprint density at radius 1 is 1.13 bits per heavy atom. The van der Waals surface area contributed by atoms with Crippen LogP contribution in [0.25, 0.3) is 0 Å². The highest BCUT2D eigenvalue weighted by atomic mass is 14.9. The molecule has 0 aromatic heterocycles. The fraction of sp³-hybridized carbons (Fsp3) is 0.538. The molecule has 3 rings (SSSR count). The molecule has 80 valence electrons. The van der Waals surface area contributed by atoms with E-state index in [1.807, 2.05) is 0 Å². The van der Waals surface area contributed by atoms with Gasteiger partial charge in [0.15, 0.2) is 0 Å². The molecule has 2 nitrogen and oxygen atoms in total. The lowest BCUT2D eigenvalue weighted by molar-refractivity contribution is 0.176. The second kappa shape index (κ2) is 3.06. The summed E-state index contributed by atoms with van der Waals surface area (Å²) >= 11 is 0. The van der Waals surface area contributed by atoms with Crippen molar-refractivity contribution in [3.8, 4) is 0 Å². The van der Waals surface area contributed by atoms with E-state index in [-0.39, 0.29) is 5.54 Å². The van der Waals surface area contributed by atoms with E-state index in [9.17, 15) is 0 Å². The lowest BCUT2D eigenvalue weighted by Gasteiger charge is -2.44. The van der Waals surface area contributed by atoms with E-state index in [4.69, 9.17) is 11.5 Å². The van der Waals surface area contributed by atoms with Gasteiger partial charge in [-0.1, -0.05) is 30.3 Å². The number of hydrogen-bond donors (Lipinski definition) is 2. The minimum Gasteiger partial charge on any atom is -0.328 e. The molecule has 0 bridgehead atoms. The van der Waals surface area contributed by atoms with Crippen LogP contribution in [0.15, 0.2) is 30.3 Å². The Morgan fingerprint density at radius 3 is 2.40 bits per heavy atom. The third kappa shape index (κ3) is 1.48. The summed E-state index contributed by atoms with van der Waals surface area (Å²) < 4.78 is 0. The van der Waals surface area contributed by atoms with E-state index >= 15 is 0 Å². The van der Waals surface area contributed by atoms with Crippen molar-refractivity contribution >= 4 is 0 Å². The number of rotatable bonds is 2. The van der Waals surface area contributed by atoms with Gasteiger partial charge in [0.25, 0.3) is 0 Å². The monoisotopic (exact) mass is 202 g/mol. The second-order valence-electron chi connectivity index (χ2n) is 5.26. The van der Waals surface area contributed by atoms with Gasteiger partial charge in [-0.05, 0) is 36.7 Å². The third-order valence-corrected chi connectivity index (χ3v) is 4.04. The maximum atomic E-state index is 6.35. The quantitative estimate of drug-likeness (QED) is 0.765. The van der Waals surface area contributed by atoms with Gasteiger partial charge in [0.2, 0.25) is 0 Å². The summed E-state index contributed by atoms with van der Waals surface area (Å²) in [5.74, 6) is 1.38. The number of nitrogens with two attached hydrogens (primary N) is 2. The number of hydrogen-bond acceptors (Lipinski definition) is 2. The summed E-state index contributed by atoms with van der Waals surface area (Å²) in [7, 11) is 0. The second-order valence-corrected chi connectivity index (χ2v) is 5.26. The molecular weight excluding hydrogens is 184 g/mol. The molecule has 2 aliphatic rings. The zero-order valence-corrected chi connectivity index (χ0v) is 8.89. The minimum atomic E-state index is 0.0555. The molecule has 0 aliphatic heterocycles. The lowest BCUT2D eigenvalue weighted by Crippen LogP contribution is -2.59. The van der Waals surface area contributed by atoms with E-state index in [0.29, 0.717) is 17.9 Å². The first-order chi connectivity index (χ1) is 7.19. The van der Waals surface area contributed by atoms with Crippen molar-refractivity contribution in [2.45, 2.75) is 36.8 Å². The maximum Gasteiger partial charge on any atom is 0.0218 e. The van der Waals surface area contributed by atoms with E-state index in [0.717, 1.165) is 12.8 Å². The number of benzene rings is 1. The van der Waals surface area contributed by atoms with Gasteiger partial charge in [-0.25, -0.2) is 0 Å². The van der Waals surface area contributed by atoms with Gasteiger partial charge in [0.05, 0.1) is 0 Å². The Kier molecular flexibility index (Phi) is 1.91. The molecule has 0 saturated heterocycles. The van der Waals surface area contributed by atoms with Crippen molar-refractivity contribution < 1.29 is 0 Å². The van der Waals surface area contributed by atoms with Gasteiger partial charge in [0, 0.05) is 11.6 Å². The van der Waals surface area contributed by atoms with Crippen LogP contribution < -0.4 is 11.5 Å². The Morgan fingerprint density at radius 2 is 1.80 bits per heavy atom. The van der Waals surface area contributed by atoms with E-state index in [2.05, 4.69) is 30.3 Å². The van der Waals surface area contributed by atoms with Crippen molar-refractivity contribution in [1.82, 2.24) is 0 Å². The predicted molar refractivity (Wildman–Crippen MR) is 61.4 cm³/mol. The Labute approximate surface area is 90.7 Å². The Hall–Kier alpha value is -0.860. The molecule has 2 heteroatoms. The normalized spacial score (nSPS) is 43.5. The van der Waals surface area contributed by atoms with Gasteiger partial charge in [0.1, 0.15) is 0 Å². The average molecular weight is 202 g/mol. The molecule has 2 unspecified atom stereocenters. The predicted octanol–water partition coefficient (Wildman–Crippen LogP) is 1.61. The summed E-state index contributed by atoms with van der Waals surface area (Å²) in [4.78, 5) is 0. The standard InChI is InChI=1S/C13H18N2/c14-10-7-13(15,8-10)12-6-11(12)9-4-2-1-3-5-9/h1-5,10-12H,6-8,14-15H2. The van der Waals surface area contributed by atoms with Crippen LogP contribution in [-0.4, -0.2) is 11.6 Å². The minimum absolute atomic E-state index is 0.0555. The van der Waals surface area contributed by atoms with Crippen LogP contribution in [0.2, 0.25) is 0 Å². The molecular formula is C13H18N2. The first kappa shape index (κ1) is 9.37. The molecule has 15 heavy (non-hydrogen) atoms. The highest BCUT2D eigenvalue weighted by Crippen LogP contribution is 2.57. The maximum absolute atomic E-state index is 6.35. The molecule has 0 radical (unpaired) electrons. The topological polar surface area (TPSA) is 52.0 Å². The molecule has 0 amide bonds. The molecule has 2 atom stereocenters. The van der Waals surface area contributed by atoms with Crippen LogP contribution in [0.4, 0.5) is 0 Å². The van der Waals surface area contributed by atoms with Gasteiger partial charge in [-0.2, -0.15) is 0 Å². The SMILES string of the molecule is NC1CC(N)(C2CC2c2ccccc2)C1. The van der Waals surface area contributed by atoms with Gasteiger partial charge in [-0.15, -0.1) is 0 Å². The van der Waals surface area contributed by atoms with Gasteiger partial charge < -0.3 is 11.5 Å². The molecule has 0 spiro atoms. The highest BCUT2D eigenvalue weighted by Gasteiger charge is 2.55. The van der Waals surface area contributed by atoms with Crippen LogP contribution in [0.5, 0.6) is 0 Å². The van der Waals surface area contributed by atoms with Crippen LogP contribution in [0.1, 0.15) is 30.7 Å². The lowest BCUT2D eigenvalue weighted by atomic mass is 9.70. The van der Waals surface area contributed by atoms with E-state index in [1.54, 1.807) is 0 Å². The van der Waals surface area contributed by atoms with Crippen molar-refractivity contribution in [2.75, 3.05) is 0 Å². The average Bonchev–Trinajstić information content (AvgIpc) is 2.97. The molecule has 2 fully saturated rings. The molecule has 2 saturated carbocycles. The Bertz CT molecular complexity index is 354. The third-order valence-electron chi connectivity index (χ3n) is 4.04. The molecule has 1 aromatic carbocycles. The van der Waals surface area contributed by atoms with Crippen molar-refractivity contribution in [3.05, 3.63) is 35.9 Å². The smallest absolute Gasteiger partial charge is 0.0218 e. The van der Waals surface area contributed by atoms with Crippen molar-refractivity contribution in [1.29, 1.82) is 0 Å². The van der Waals surface area contributed by atoms with Gasteiger partial charge in [-0.3, -0.25) is 0 Å². The van der Waals surface area contributed by atoms with Gasteiger partial charge >= 0.3 is 0 Å². The Balaban J connectivity index is 1.70. The van der Waals surface area contributed by atoms with Crippen LogP contribution in [0, 0.1) is 5.92 Å². The summed E-state index contributed by atoms with van der Waals surface area (Å²) in [6, 6.07) is 11.1. The van der Waals surface area contributed by atoms with Crippen molar-refractivity contribution in [3.63, 3.8) is 0 Å². The van der Waals surface area contributed by atoms with Crippen LogP contribution in [-0.2, 0) is 0 Å². The summed E-state index contributed by atoms with van der Waals surface area (Å²) in [6.07, 6.45) is 3.29. The molecule has 1 aromatic rings. The first-order valence-corrected chi connectivity index (χ1v) is 5.78. The van der Waals surface area contributed by atoms with E-state index < -0.39 is 0 Å².